The number of aromatic nitrogens is 2. The molecule has 0 saturated carbocycles. The smallest absolute Gasteiger partial charge is 0.257 e. The summed E-state index contributed by atoms with van der Waals surface area (Å²) in [5.74, 6) is -0.941. The van der Waals surface area contributed by atoms with Crippen molar-refractivity contribution in [1.82, 2.24) is 14.7 Å². The normalized spacial score (nSPS) is 10.4. The average Bonchev–Trinajstić information content (AvgIpc) is 2.86. The number of benzene rings is 1. The fourth-order valence-electron chi connectivity index (χ4n) is 1.76. The number of nitrogens with zero attached hydrogens (tertiary/aromatic N) is 3. The minimum Gasteiger partial charge on any atom is -0.368 e. The third-order valence-corrected chi connectivity index (χ3v) is 3.26. The molecule has 0 aliphatic carbocycles. The van der Waals surface area contributed by atoms with Gasteiger partial charge in [-0.3, -0.25) is 9.59 Å². The van der Waals surface area contributed by atoms with Gasteiger partial charge in [0, 0.05) is 18.3 Å². The fourth-order valence-corrected chi connectivity index (χ4v) is 2.25. The highest BCUT2D eigenvalue weighted by Crippen LogP contribution is 2.24. The summed E-state index contributed by atoms with van der Waals surface area (Å²) in [4.78, 5) is 24.1. The van der Waals surface area contributed by atoms with Crippen molar-refractivity contribution in [2.24, 2.45) is 5.73 Å². The zero-order chi connectivity index (χ0) is 15.6. The molecule has 1 heterocycles. The molecule has 1 aromatic heterocycles. The first-order valence-electron chi connectivity index (χ1n) is 5.92. The van der Waals surface area contributed by atoms with Gasteiger partial charge >= 0.3 is 0 Å². The summed E-state index contributed by atoms with van der Waals surface area (Å²) >= 11 is 11.9. The lowest BCUT2D eigenvalue weighted by atomic mass is 10.3. The first-order chi connectivity index (χ1) is 9.88. The number of likely N-dealkylation sites (N-methyl/N-ethyl adjacent to an activating group) is 1. The molecule has 2 aromatic rings. The summed E-state index contributed by atoms with van der Waals surface area (Å²) in [6.45, 7) is -0.161. The van der Waals surface area contributed by atoms with Crippen LogP contribution in [0.5, 0.6) is 0 Å². The number of halogens is 2. The van der Waals surface area contributed by atoms with E-state index in [1.807, 2.05) is 0 Å². The summed E-state index contributed by atoms with van der Waals surface area (Å²) in [5.41, 5.74) is 5.97. The largest absolute Gasteiger partial charge is 0.368 e. The molecule has 0 radical (unpaired) electrons. The fraction of sp³-hybridized carbons (Fsp3) is 0.154. The first kappa shape index (κ1) is 15.3. The van der Waals surface area contributed by atoms with E-state index in [2.05, 4.69) is 5.10 Å². The minimum absolute atomic E-state index is 0.161. The van der Waals surface area contributed by atoms with Gasteiger partial charge in [0.2, 0.25) is 5.91 Å². The molecule has 0 spiro atoms. The summed E-state index contributed by atoms with van der Waals surface area (Å²) in [5, 5.41) is 5.00. The number of hydrogen-bond acceptors (Lipinski definition) is 3. The van der Waals surface area contributed by atoms with Crippen molar-refractivity contribution in [3.05, 3.63) is 46.2 Å². The number of amides is 2. The molecule has 0 unspecified atom stereocenters. The summed E-state index contributed by atoms with van der Waals surface area (Å²) in [6, 6.07) is 4.95. The van der Waals surface area contributed by atoms with E-state index in [1.54, 1.807) is 18.2 Å². The second-order valence-corrected chi connectivity index (χ2v) is 5.24. The van der Waals surface area contributed by atoms with E-state index in [0.29, 0.717) is 21.3 Å². The molecule has 0 saturated heterocycles. The highest BCUT2D eigenvalue weighted by atomic mass is 35.5. The van der Waals surface area contributed by atoms with Crippen molar-refractivity contribution in [1.29, 1.82) is 0 Å². The van der Waals surface area contributed by atoms with Crippen LogP contribution in [0.25, 0.3) is 5.69 Å². The third-order valence-electron chi connectivity index (χ3n) is 2.73. The zero-order valence-electron chi connectivity index (χ0n) is 11.1. The van der Waals surface area contributed by atoms with Crippen molar-refractivity contribution in [2.45, 2.75) is 0 Å². The van der Waals surface area contributed by atoms with Crippen LogP contribution in [0, 0.1) is 0 Å². The number of carbonyl (C=O) groups excluding carboxylic acids is 2. The van der Waals surface area contributed by atoms with Crippen molar-refractivity contribution in [3.8, 4) is 5.69 Å². The van der Waals surface area contributed by atoms with Crippen molar-refractivity contribution >= 4 is 35.0 Å². The Labute approximate surface area is 131 Å². The number of carbonyl (C=O) groups is 2. The second kappa shape index (κ2) is 6.15. The lowest BCUT2D eigenvalue weighted by Crippen LogP contribution is -2.35. The van der Waals surface area contributed by atoms with E-state index in [1.165, 1.54) is 29.0 Å². The molecule has 2 amide bonds. The predicted molar refractivity (Wildman–Crippen MR) is 79.7 cm³/mol. The Bertz CT molecular complexity index is 699. The van der Waals surface area contributed by atoms with Gasteiger partial charge < -0.3 is 10.6 Å². The maximum atomic E-state index is 12.1. The van der Waals surface area contributed by atoms with Crippen LogP contribution in [0.3, 0.4) is 0 Å². The van der Waals surface area contributed by atoms with Crippen molar-refractivity contribution in [2.75, 3.05) is 13.6 Å². The first-order valence-corrected chi connectivity index (χ1v) is 6.68. The number of nitrogens with two attached hydrogens (primary N) is 1. The summed E-state index contributed by atoms with van der Waals surface area (Å²) < 4.78 is 1.46. The van der Waals surface area contributed by atoms with Crippen LogP contribution in [-0.4, -0.2) is 40.1 Å². The molecule has 2 rings (SSSR count). The molecule has 0 fully saturated rings. The Hall–Kier alpha value is -2.05. The number of hydrogen-bond donors (Lipinski definition) is 1. The van der Waals surface area contributed by atoms with Crippen LogP contribution in [0.15, 0.2) is 30.6 Å². The van der Waals surface area contributed by atoms with Crippen molar-refractivity contribution in [3.63, 3.8) is 0 Å². The molecule has 0 aliphatic rings. The summed E-state index contributed by atoms with van der Waals surface area (Å²) in [7, 11) is 1.49. The van der Waals surface area contributed by atoms with Crippen molar-refractivity contribution < 1.29 is 9.59 Å². The van der Waals surface area contributed by atoms with Crippen LogP contribution in [0.4, 0.5) is 0 Å². The van der Waals surface area contributed by atoms with E-state index in [4.69, 9.17) is 28.9 Å². The predicted octanol–water partition coefficient (Wildman–Crippen LogP) is 1.74. The van der Waals surface area contributed by atoms with E-state index in [-0.39, 0.29) is 12.5 Å². The van der Waals surface area contributed by atoms with Gasteiger partial charge in [0.25, 0.3) is 5.91 Å². The lowest BCUT2D eigenvalue weighted by molar-refractivity contribution is -0.118. The zero-order valence-corrected chi connectivity index (χ0v) is 12.6. The summed E-state index contributed by atoms with van der Waals surface area (Å²) in [6.07, 6.45) is 2.92. The lowest BCUT2D eigenvalue weighted by Gasteiger charge is -2.13. The molecule has 0 aliphatic heterocycles. The minimum atomic E-state index is -0.584. The van der Waals surface area contributed by atoms with Crippen LogP contribution in [0.2, 0.25) is 10.0 Å². The van der Waals surface area contributed by atoms with Crippen LogP contribution < -0.4 is 5.73 Å². The number of rotatable bonds is 4. The van der Waals surface area contributed by atoms with Gasteiger partial charge in [-0.1, -0.05) is 23.2 Å². The molecule has 2 N–H and O–H groups in total. The highest BCUT2D eigenvalue weighted by molar-refractivity contribution is 6.35. The monoisotopic (exact) mass is 326 g/mol. The van der Waals surface area contributed by atoms with Gasteiger partial charge in [-0.15, -0.1) is 0 Å². The Kier molecular flexibility index (Phi) is 4.50. The van der Waals surface area contributed by atoms with Gasteiger partial charge in [0.05, 0.1) is 29.0 Å². The quantitative estimate of drug-likeness (QED) is 0.929. The molecular weight excluding hydrogens is 315 g/mol. The van der Waals surface area contributed by atoms with Gasteiger partial charge in [-0.05, 0) is 18.2 Å². The van der Waals surface area contributed by atoms with E-state index >= 15 is 0 Å². The Morgan fingerprint density at radius 2 is 2.10 bits per heavy atom. The molecule has 8 heteroatoms. The standard InChI is InChI=1S/C13H12Cl2N4O2/c1-18(7-12(16)20)13(21)8-5-17-19(6-8)11-3-2-9(14)4-10(11)15/h2-6H,7H2,1H3,(H2,16,20). The Morgan fingerprint density at radius 3 is 2.71 bits per heavy atom. The Morgan fingerprint density at radius 1 is 1.38 bits per heavy atom. The average molecular weight is 327 g/mol. The maximum absolute atomic E-state index is 12.1. The van der Waals surface area contributed by atoms with Gasteiger partial charge in [-0.25, -0.2) is 4.68 Å². The number of primary amides is 1. The molecule has 6 nitrogen and oxygen atoms in total. The van der Waals surface area contributed by atoms with Crippen LogP contribution in [-0.2, 0) is 4.79 Å². The third kappa shape index (κ3) is 3.53. The van der Waals surface area contributed by atoms with E-state index < -0.39 is 5.91 Å². The topological polar surface area (TPSA) is 81.2 Å². The molecule has 1 aromatic carbocycles. The molecule has 0 bridgehead atoms. The second-order valence-electron chi connectivity index (χ2n) is 4.40. The molecule has 21 heavy (non-hydrogen) atoms. The van der Waals surface area contributed by atoms with Crippen LogP contribution in [0.1, 0.15) is 10.4 Å². The highest BCUT2D eigenvalue weighted by Gasteiger charge is 2.16. The molecule has 110 valence electrons. The Balaban J connectivity index is 2.25. The van der Waals surface area contributed by atoms with Gasteiger partial charge in [-0.2, -0.15) is 5.10 Å². The van der Waals surface area contributed by atoms with Gasteiger partial charge in [0.1, 0.15) is 0 Å². The molecular formula is C13H12Cl2N4O2. The van der Waals surface area contributed by atoms with Crippen LogP contribution >= 0.6 is 23.2 Å². The maximum Gasteiger partial charge on any atom is 0.257 e. The SMILES string of the molecule is CN(CC(N)=O)C(=O)c1cnn(-c2ccc(Cl)cc2Cl)c1. The van der Waals surface area contributed by atoms with Gasteiger partial charge in [0.15, 0.2) is 0 Å². The van der Waals surface area contributed by atoms with E-state index in [0.717, 1.165) is 0 Å². The van der Waals surface area contributed by atoms with E-state index in [9.17, 15) is 9.59 Å². The molecule has 0 atom stereocenters.